The molecule has 0 radical (unpaired) electrons. The predicted molar refractivity (Wildman–Crippen MR) is 79.0 cm³/mol. The maximum atomic E-state index is 11.9. The van der Waals surface area contributed by atoms with Gasteiger partial charge in [0.15, 0.2) is 6.61 Å². The van der Waals surface area contributed by atoms with Gasteiger partial charge in [0.2, 0.25) is 0 Å². The molecule has 1 aromatic heterocycles. The highest BCUT2D eigenvalue weighted by Crippen LogP contribution is 2.17. The molecule has 0 unspecified atom stereocenters. The molecule has 1 saturated carbocycles. The molecule has 0 bridgehead atoms. The van der Waals surface area contributed by atoms with Crippen LogP contribution in [0.3, 0.4) is 0 Å². The van der Waals surface area contributed by atoms with E-state index < -0.39 is 0 Å². The fourth-order valence-corrected chi connectivity index (χ4v) is 2.77. The van der Waals surface area contributed by atoms with Crippen LogP contribution in [-0.2, 0) is 4.79 Å². The second-order valence-electron chi connectivity index (χ2n) is 5.27. The normalized spacial score (nSPS) is 16.0. The molecule has 1 N–H and O–H groups in total. The Bertz CT molecular complexity index is 637. The molecule has 0 atom stereocenters. The van der Waals surface area contributed by atoms with Crippen molar-refractivity contribution in [1.29, 1.82) is 0 Å². The summed E-state index contributed by atoms with van der Waals surface area (Å²) < 4.78 is 0. The lowest BCUT2D eigenvalue weighted by molar-refractivity contribution is -0.127. The number of hydrogen-bond acceptors (Lipinski definition) is 4. The van der Waals surface area contributed by atoms with Crippen molar-refractivity contribution in [2.45, 2.75) is 38.1 Å². The lowest BCUT2D eigenvalue weighted by Gasteiger charge is -2.22. The van der Waals surface area contributed by atoms with E-state index in [2.05, 4.69) is 15.6 Å². The second-order valence-corrected chi connectivity index (χ2v) is 5.71. The van der Waals surface area contributed by atoms with Gasteiger partial charge in [0.1, 0.15) is 11.0 Å². The van der Waals surface area contributed by atoms with Crippen molar-refractivity contribution >= 4 is 28.5 Å². The molecule has 21 heavy (non-hydrogen) atoms. The van der Waals surface area contributed by atoms with Crippen molar-refractivity contribution in [2.75, 3.05) is 6.61 Å². The van der Waals surface area contributed by atoms with E-state index in [1.807, 2.05) is 0 Å². The minimum Gasteiger partial charge on any atom is -0.385 e. The smallest absolute Gasteiger partial charge is 0.260 e. The number of nitrogens with one attached hydrogen (secondary N) is 1. The minimum absolute atomic E-state index is 0.0819. The van der Waals surface area contributed by atoms with Crippen LogP contribution in [0.1, 0.15) is 32.1 Å². The van der Waals surface area contributed by atoms with Crippen LogP contribution in [0.15, 0.2) is 18.2 Å². The van der Waals surface area contributed by atoms with Crippen LogP contribution in [0.2, 0.25) is 5.02 Å². The van der Waals surface area contributed by atoms with Crippen LogP contribution in [0.4, 0.5) is 0 Å². The Morgan fingerprint density at radius 3 is 3.00 bits per heavy atom. The molecule has 1 aliphatic carbocycles. The number of amides is 1. The topological polar surface area (TPSA) is 69.0 Å². The van der Waals surface area contributed by atoms with E-state index in [1.165, 1.54) is 24.1 Å². The van der Waals surface area contributed by atoms with Gasteiger partial charge in [-0.25, -0.2) is 0 Å². The highest BCUT2D eigenvalue weighted by molar-refractivity contribution is 6.31. The maximum Gasteiger partial charge on any atom is 0.260 e. The summed E-state index contributed by atoms with van der Waals surface area (Å²) in [6.45, 7) is -0.0819. The van der Waals surface area contributed by atoms with Crippen molar-refractivity contribution in [3.63, 3.8) is 0 Å². The zero-order valence-electron chi connectivity index (χ0n) is 11.6. The van der Waals surface area contributed by atoms with Gasteiger partial charge in [-0.15, -0.1) is 5.10 Å². The Balaban J connectivity index is 1.58. The molecule has 1 aliphatic rings. The first-order valence-corrected chi connectivity index (χ1v) is 7.54. The van der Waals surface area contributed by atoms with E-state index in [0.29, 0.717) is 16.1 Å². The van der Waals surface area contributed by atoms with Crippen molar-refractivity contribution in [2.24, 2.45) is 0 Å². The van der Waals surface area contributed by atoms with Gasteiger partial charge in [0.05, 0.1) is 0 Å². The van der Waals surface area contributed by atoms with Crippen LogP contribution in [-0.4, -0.2) is 33.7 Å². The first-order chi connectivity index (χ1) is 10.2. The summed E-state index contributed by atoms with van der Waals surface area (Å²) in [4.78, 5) is 18.5. The van der Waals surface area contributed by atoms with E-state index in [0.717, 1.165) is 12.8 Å². The number of halogens is 1. The van der Waals surface area contributed by atoms with Crippen LogP contribution < -0.4 is 10.2 Å². The summed E-state index contributed by atoms with van der Waals surface area (Å²) in [5.74, 6) is -0.132. The molecular weight excluding hydrogens is 292 g/mol. The molecule has 2 aromatic rings. The van der Waals surface area contributed by atoms with Gasteiger partial charge < -0.3 is 10.2 Å². The van der Waals surface area contributed by atoms with Gasteiger partial charge in [0, 0.05) is 11.1 Å². The fraction of sp³-hybridized carbons (Fsp3) is 0.500. The maximum absolute atomic E-state index is 11.9. The molecule has 0 aliphatic heterocycles. The SMILES string of the molecule is O=C(COn1nnc2ccc(Cl)cc21)NC1CCCCC1. The van der Waals surface area contributed by atoms with Crippen molar-refractivity contribution in [3.8, 4) is 0 Å². The summed E-state index contributed by atoms with van der Waals surface area (Å²) in [6.07, 6.45) is 5.71. The van der Waals surface area contributed by atoms with Gasteiger partial charge >= 0.3 is 0 Å². The number of hydrogen-bond donors (Lipinski definition) is 1. The summed E-state index contributed by atoms with van der Waals surface area (Å²) in [6, 6.07) is 5.47. The van der Waals surface area contributed by atoms with E-state index in [1.54, 1.807) is 18.2 Å². The molecule has 7 heteroatoms. The van der Waals surface area contributed by atoms with Crippen LogP contribution in [0.5, 0.6) is 0 Å². The summed E-state index contributed by atoms with van der Waals surface area (Å²) >= 11 is 5.94. The number of carbonyl (C=O) groups is 1. The Morgan fingerprint density at radius 1 is 1.38 bits per heavy atom. The average Bonchev–Trinajstić information content (AvgIpc) is 2.88. The van der Waals surface area contributed by atoms with E-state index in [-0.39, 0.29) is 18.6 Å². The highest BCUT2D eigenvalue weighted by Gasteiger charge is 2.16. The molecule has 1 fully saturated rings. The summed E-state index contributed by atoms with van der Waals surface area (Å²) in [5, 5.41) is 11.4. The number of benzene rings is 1. The largest absolute Gasteiger partial charge is 0.385 e. The lowest BCUT2D eigenvalue weighted by Crippen LogP contribution is -2.40. The Morgan fingerprint density at radius 2 is 2.19 bits per heavy atom. The number of rotatable bonds is 4. The fourth-order valence-electron chi connectivity index (χ4n) is 2.60. The van der Waals surface area contributed by atoms with Gasteiger partial charge in [-0.3, -0.25) is 4.79 Å². The molecule has 6 nitrogen and oxygen atoms in total. The molecule has 3 rings (SSSR count). The minimum atomic E-state index is -0.132. The lowest BCUT2D eigenvalue weighted by atomic mass is 9.95. The molecule has 0 spiro atoms. The molecular formula is C14H17ClN4O2. The standard InChI is InChI=1S/C14H17ClN4O2/c15-10-6-7-12-13(8-10)19(18-17-12)21-9-14(20)16-11-4-2-1-3-5-11/h6-8,11H,1-5,9H2,(H,16,20). The third-order valence-corrected chi connectivity index (χ3v) is 3.90. The average molecular weight is 309 g/mol. The van der Waals surface area contributed by atoms with Crippen molar-refractivity contribution in [3.05, 3.63) is 23.2 Å². The Hall–Kier alpha value is -1.82. The Labute approximate surface area is 127 Å². The van der Waals surface area contributed by atoms with Crippen LogP contribution in [0, 0.1) is 0 Å². The number of fused-ring (bicyclic) bond motifs is 1. The van der Waals surface area contributed by atoms with Gasteiger partial charge in [0.25, 0.3) is 5.91 Å². The number of nitrogens with zero attached hydrogens (tertiary/aromatic N) is 3. The zero-order valence-corrected chi connectivity index (χ0v) is 12.3. The van der Waals surface area contributed by atoms with Gasteiger partial charge in [-0.2, -0.15) is 0 Å². The van der Waals surface area contributed by atoms with E-state index >= 15 is 0 Å². The first kappa shape index (κ1) is 14.1. The monoisotopic (exact) mass is 308 g/mol. The molecule has 1 heterocycles. The molecule has 1 aromatic carbocycles. The quantitative estimate of drug-likeness (QED) is 0.937. The highest BCUT2D eigenvalue weighted by atomic mass is 35.5. The first-order valence-electron chi connectivity index (χ1n) is 7.16. The number of aromatic nitrogens is 3. The van der Waals surface area contributed by atoms with E-state index in [4.69, 9.17) is 16.4 Å². The van der Waals surface area contributed by atoms with Crippen LogP contribution >= 0.6 is 11.6 Å². The molecule has 1 amide bonds. The van der Waals surface area contributed by atoms with Crippen molar-refractivity contribution < 1.29 is 9.63 Å². The Kier molecular flexibility index (Phi) is 4.24. The summed E-state index contributed by atoms with van der Waals surface area (Å²) in [5.41, 5.74) is 1.32. The predicted octanol–water partition coefficient (Wildman–Crippen LogP) is 1.96. The zero-order chi connectivity index (χ0) is 14.7. The van der Waals surface area contributed by atoms with Gasteiger partial charge in [-0.05, 0) is 36.3 Å². The van der Waals surface area contributed by atoms with Gasteiger partial charge in [-0.1, -0.05) is 35.7 Å². The van der Waals surface area contributed by atoms with Crippen LogP contribution in [0.25, 0.3) is 11.0 Å². The van der Waals surface area contributed by atoms with E-state index in [9.17, 15) is 4.79 Å². The molecule has 0 saturated heterocycles. The summed E-state index contributed by atoms with van der Waals surface area (Å²) in [7, 11) is 0. The number of carbonyl (C=O) groups excluding carboxylic acids is 1. The third-order valence-electron chi connectivity index (χ3n) is 3.67. The second kappa shape index (κ2) is 6.30. The third kappa shape index (κ3) is 3.44. The molecule has 112 valence electrons. The van der Waals surface area contributed by atoms with Crippen molar-refractivity contribution in [1.82, 2.24) is 20.5 Å².